The van der Waals surface area contributed by atoms with Gasteiger partial charge in [0.2, 0.25) is 0 Å². The van der Waals surface area contributed by atoms with Crippen molar-refractivity contribution in [3.63, 3.8) is 0 Å². The van der Waals surface area contributed by atoms with Crippen LogP contribution in [0.15, 0.2) is 24.3 Å². The molecular weight excluding hydrogens is 216 g/mol. The van der Waals surface area contributed by atoms with Crippen LogP contribution in [0.4, 0.5) is 0 Å². The highest BCUT2D eigenvalue weighted by Crippen LogP contribution is 2.19. The van der Waals surface area contributed by atoms with E-state index in [1.807, 2.05) is 12.1 Å². The number of ether oxygens (including phenoxy) is 2. The summed E-state index contributed by atoms with van der Waals surface area (Å²) in [5, 5.41) is 9.78. The molecule has 1 aromatic carbocycles. The Morgan fingerprint density at radius 2 is 2.12 bits per heavy atom. The molecule has 1 aromatic rings. The van der Waals surface area contributed by atoms with Gasteiger partial charge < -0.3 is 14.6 Å². The molecule has 1 heterocycles. The number of aryl methyl sites for hydroxylation is 1. The fraction of sp³-hybridized carbons (Fsp3) is 0.571. The van der Waals surface area contributed by atoms with Gasteiger partial charge in [-0.1, -0.05) is 12.1 Å². The summed E-state index contributed by atoms with van der Waals surface area (Å²) < 4.78 is 10.7. The monoisotopic (exact) mass is 236 g/mol. The highest BCUT2D eigenvalue weighted by Gasteiger charge is 2.23. The van der Waals surface area contributed by atoms with Crippen LogP contribution in [0, 0.1) is 0 Å². The molecule has 0 bridgehead atoms. The van der Waals surface area contributed by atoms with E-state index in [1.54, 1.807) is 7.11 Å². The Balaban J connectivity index is 1.84. The van der Waals surface area contributed by atoms with E-state index in [-0.39, 0.29) is 12.2 Å². The van der Waals surface area contributed by atoms with Crippen LogP contribution in [-0.2, 0) is 11.2 Å². The van der Waals surface area contributed by atoms with Crippen LogP contribution < -0.4 is 4.74 Å². The molecule has 0 aliphatic carbocycles. The molecule has 3 nitrogen and oxygen atoms in total. The van der Waals surface area contributed by atoms with E-state index < -0.39 is 0 Å². The van der Waals surface area contributed by atoms with E-state index in [0.717, 1.165) is 38.0 Å². The van der Waals surface area contributed by atoms with Gasteiger partial charge in [-0.25, -0.2) is 0 Å². The molecule has 3 heteroatoms. The van der Waals surface area contributed by atoms with E-state index in [0.29, 0.717) is 0 Å². The third kappa shape index (κ3) is 3.45. The van der Waals surface area contributed by atoms with Crippen molar-refractivity contribution in [1.82, 2.24) is 0 Å². The van der Waals surface area contributed by atoms with Crippen LogP contribution in [0.3, 0.4) is 0 Å². The lowest BCUT2D eigenvalue weighted by Gasteiger charge is -2.28. The lowest BCUT2D eigenvalue weighted by atomic mass is 9.99. The molecule has 0 radical (unpaired) electrons. The largest absolute Gasteiger partial charge is 0.497 e. The number of hydrogen-bond acceptors (Lipinski definition) is 3. The highest BCUT2D eigenvalue weighted by molar-refractivity contribution is 5.27. The molecule has 0 spiro atoms. The summed E-state index contributed by atoms with van der Waals surface area (Å²) in [6.45, 7) is 0.782. The first kappa shape index (κ1) is 12.4. The van der Waals surface area contributed by atoms with Gasteiger partial charge in [0.05, 0.1) is 19.3 Å². The van der Waals surface area contributed by atoms with Gasteiger partial charge in [-0.05, 0) is 43.4 Å². The quantitative estimate of drug-likeness (QED) is 0.870. The minimum Gasteiger partial charge on any atom is -0.497 e. The molecule has 0 saturated carbocycles. The Bertz CT molecular complexity index is 334. The fourth-order valence-corrected chi connectivity index (χ4v) is 2.20. The normalized spacial score (nSPS) is 24.6. The maximum absolute atomic E-state index is 9.78. The van der Waals surface area contributed by atoms with Crippen LogP contribution in [0.2, 0.25) is 0 Å². The summed E-state index contributed by atoms with van der Waals surface area (Å²) in [6, 6.07) is 8.06. The standard InChI is InChI=1S/C14H20O3/c1-16-12-7-4-11(5-8-12)6-9-14-13(15)3-2-10-17-14/h4-5,7-8,13-15H,2-3,6,9-10H2,1H3/t13-,14+/m0/s1. The van der Waals surface area contributed by atoms with Crippen LogP contribution >= 0.6 is 0 Å². The average molecular weight is 236 g/mol. The third-order valence-electron chi connectivity index (χ3n) is 3.28. The minimum absolute atomic E-state index is 0.00542. The van der Waals surface area contributed by atoms with E-state index in [9.17, 15) is 5.11 Å². The molecule has 1 aliphatic rings. The molecule has 0 unspecified atom stereocenters. The van der Waals surface area contributed by atoms with Gasteiger partial charge in [0, 0.05) is 6.61 Å². The summed E-state index contributed by atoms with van der Waals surface area (Å²) >= 11 is 0. The number of aliphatic hydroxyl groups excluding tert-OH is 1. The van der Waals surface area contributed by atoms with Crippen LogP contribution in [0.5, 0.6) is 5.75 Å². The van der Waals surface area contributed by atoms with E-state index in [2.05, 4.69) is 12.1 Å². The smallest absolute Gasteiger partial charge is 0.118 e. The SMILES string of the molecule is COc1ccc(CC[C@H]2OCCC[C@@H]2O)cc1. The first-order valence-electron chi connectivity index (χ1n) is 6.22. The second-order valence-corrected chi connectivity index (χ2v) is 4.51. The van der Waals surface area contributed by atoms with Gasteiger partial charge in [-0.2, -0.15) is 0 Å². The van der Waals surface area contributed by atoms with Crippen molar-refractivity contribution in [3.05, 3.63) is 29.8 Å². The summed E-state index contributed by atoms with van der Waals surface area (Å²) in [6.07, 6.45) is 3.38. The Morgan fingerprint density at radius 3 is 2.76 bits per heavy atom. The summed E-state index contributed by atoms with van der Waals surface area (Å²) in [5.74, 6) is 0.878. The van der Waals surface area contributed by atoms with Gasteiger partial charge in [0.1, 0.15) is 5.75 Å². The molecule has 1 aliphatic heterocycles. The van der Waals surface area contributed by atoms with Crippen molar-refractivity contribution >= 4 is 0 Å². The average Bonchev–Trinajstić information content (AvgIpc) is 2.38. The van der Waals surface area contributed by atoms with Crippen molar-refractivity contribution in [3.8, 4) is 5.75 Å². The molecular formula is C14H20O3. The minimum atomic E-state index is -0.290. The van der Waals surface area contributed by atoms with Crippen molar-refractivity contribution in [2.45, 2.75) is 37.9 Å². The lowest BCUT2D eigenvalue weighted by molar-refractivity contribution is -0.0764. The second-order valence-electron chi connectivity index (χ2n) is 4.51. The summed E-state index contributed by atoms with van der Waals surface area (Å²) in [4.78, 5) is 0. The zero-order chi connectivity index (χ0) is 12.1. The molecule has 0 amide bonds. The molecule has 2 rings (SSSR count). The van der Waals surface area contributed by atoms with E-state index >= 15 is 0 Å². The topological polar surface area (TPSA) is 38.7 Å². The van der Waals surface area contributed by atoms with Crippen LogP contribution in [0.25, 0.3) is 0 Å². The van der Waals surface area contributed by atoms with Crippen LogP contribution in [-0.4, -0.2) is 31.0 Å². The zero-order valence-corrected chi connectivity index (χ0v) is 10.3. The molecule has 1 saturated heterocycles. The van der Waals surface area contributed by atoms with Gasteiger partial charge >= 0.3 is 0 Å². The second kappa shape index (κ2) is 6.03. The molecule has 2 atom stereocenters. The first-order chi connectivity index (χ1) is 8.29. The lowest BCUT2D eigenvalue weighted by Crippen LogP contribution is -2.34. The van der Waals surface area contributed by atoms with Gasteiger partial charge in [-0.15, -0.1) is 0 Å². The highest BCUT2D eigenvalue weighted by atomic mass is 16.5. The Labute approximate surface area is 102 Å². The molecule has 17 heavy (non-hydrogen) atoms. The summed E-state index contributed by atoms with van der Waals surface area (Å²) in [7, 11) is 1.67. The van der Waals surface area contributed by atoms with Gasteiger partial charge in [0.15, 0.2) is 0 Å². The maximum atomic E-state index is 9.78. The number of aliphatic hydroxyl groups is 1. The third-order valence-corrected chi connectivity index (χ3v) is 3.28. The predicted molar refractivity (Wildman–Crippen MR) is 66.3 cm³/mol. The maximum Gasteiger partial charge on any atom is 0.118 e. The van der Waals surface area contributed by atoms with Crippen molar-refractivity contribution in [2.24, 2.45) is 0 Å². The van der Waals surface area contributed by atoms with Gasteiger partial charge in [-0.3, -0.25) is 0 Å². The number of methoxy groups -OCH3 is 1. The number of benzene rings is 1. The number of rotatable bonds is 4. The van der Waals surface area contributed by atoms with E-state index in [1.165, 1.54) is 5.56 Å². The first-order valence-corrected chi connectivity index (χ1v) is 6.22. The fourth-order valence-electron chi connectivity index (χ4n) is 2.20. The van der Waals surface area contributed by atoms with Crippen LogP contribution in [0.1, 0.15) is 24.8 Å². The molecule has 0 aromatic heterocycles. The molecule has 1 N–H and O–H groups in total. The van der Waals surface area contributed by atoms with Crippen molar-refractivity contribution in [1.29, 1.82) is 0 Å². The zero-order valence-electron chi connectivity index (χ0n) is 10.3. The van der Waals surface area contributed by atoms with E-state index in [4.69, 9.17) is 9.47 Å². The molecule has 1 fully saturated rings. The van der Waals surface area contributed by atoms with Crippen molar-refractivity contribution < 1.29 is 14.6 Å². The summed E-state index contributed by atoms with van der Waals surface area (Å²) in [5.41, 5.74) is 1.26. The van der Waals surface area contributed by atoms with Gasteiger partial charge in [0.25, 0.3) is 0 Å². The van der Waals surface area contributed by atoms with Crippen molar-refractivity contribution in [2.75, 3.05) is 13.7 Å². The predicted octanol–water partition coefficient (Wildman–Crippen LogP) is 2.17. The Morgan fingerprint density at radius 1 is 1.35 bits per heavy atom. The molecule has 94 valence electrons. The number of hydrogen-bond donors (Lipinski definition) is 1. The Hall–Kier alpha value is -1.06. The Kier molecular flexibility index (Phi) is 4.40.